The van der Waals surface area contributed by atoms with E-state index in [1.54, 1.807) is 18.1 Å². The molecule has 0 saturated carbocycles. The number of aryl methyl sites for hydroxylation is 1. The van der Waals surface area contributed by atoms with Gasteiger partial charge in [0.15, 0.2) is 0 Å². The molecule has 0 radical (unpaired) electrons. The molecule has 2 aromatic rings. The predicted octanol–water partition coefficient (Wildman–Crippen LogP) is 4.17. The van der Waals surface area contributed by atoms with Crippen LogP contribution in [-0.4, -0.2) is 39.6 Å². The van der Waals surface area contributed by atoms with Crippen LogP contribution in [-0.2, 0) is 17.6 Å². The Labute approximate surface area is 157 Å². The Morgan fingerprint density at radius 3 is 3.04 bits per heavy atom. The van der Waals surface area contributed by atoms with Crippen molar-refractivity contribution in [1.29, 1.82) is 0 Å². The number of rotatable bonds is 3. The van der Waals surface area contributed by atoms with Crippen LogP contribution in [0.5, 0.6) is 0 Å². The number of carbonyl (C=O) groups is 1. The summed E-state index contributed by atoms with van der Waals surface area (Å²) >= 11 is 3.42. The van der Waals surface area contributed by atoms with Crippen LogP contribution in [0.2, 0.25) is 0 Å². The average molecular weight is 376 g/mol. The topological polar surface area (TPSA) is 46.1 Å². The summed E-state index contributed by atoms with van der Waals surface area (Å²) in [6.07, 6.45) is 7.54. The fourth-order valence-corrected chi connectivity index (χ4v) is 6.34. The molecule has 1 saturated heterocycles. The van der Waals surface area contributed by atoms with E-state index in [9.17, 15) is 4.79 Å². The number of hydrogen-bond acceptors (Lipinski definition) is 5. The molecule has 4 nitrogen and oxygen atoms in total. The summed E-state index contributed by atoms with van der Waals surface area (Å²) in [6.45, 7) is 6.38. The monoisotopic (exact) mass is 375 g/mol. The highest BCUT2D eigenvalue weighted by molar-refractivity contribution is 8.00. The number of thioether (sulfide) groups is 1. The molecule has 0 N–H and O–H groups in total. The zero-order valence-corrected chi connectivity index (χ0v) is 16.6. The molecule has 6 heteroatoms. The van der Waals surface area contributed by atoms with Gasteiger partial charge >= 0.3 is 0 Å². The zero-order chi connectivity index (χ0) is 17.4. The van der Waals surface area contributed by atoms with Gasteiger partial charge in [-0.1, -0.05) is 25.6 Å². The highest BCUT2D eigenvalue weighted by Crippen LogP contribution is 2.40. The van der Waals surface area contributed by atoms with Crippen LogP contribution in [0.25, 0.3) is 10.2 Å². The molecule has 1 amide bonds. The molecule has 4 rings (SSSR count). The molecule has 0 bridgehead atoms. The molecule has 134 valence electrons. The van der Waals surface area contributed by atoms with Crippen LogP contribution in [0.15, 0.2) is 11.4 Å². The standard InChI is InChI=1S/C19H25N3OS2/c1-12-5-6-14-15(8-12)25-19-17(14)18(20-11-21-19)24-10-16(23)22-7-3-4-13(2)9-22/h11-13H,3-10H2,1-2H3/t12-,13-/m1/s1. The van der Waals surface area contributed by atoms with Crippen LogP contribution < -0.4 is 0 Å². The zero-order valence-electron chi connectivity index (χ0n) is 15.0. The van der Waals surface area contributed by atoms with Crippen LogP contribution in [0.3, 0.4) is 0 Å². The van der Waals surface area contributed by atoms with Crippen molar-refractivity contribution in [1.82, 2.24) is 14.9 Å². The van der Waals surface area contributed by atoms with Crippen molar-refractivity contribution in [3.63, 3.8) is 0 Å². The lowest BCUT2D eigenvalue weighted by atomic mass is 9.89. The number of fused-ring (bicyclic) bond motifs is 3. The molecule has 1 aliphatic heterocycles. The molecule has 2 aliphatic rings. The molecule has 3 heterocycles. The number of hydrogen-bond donors (Lipinski definition) is 0. The minimum atomic E-state index is 0.251. The Bertz CT molecular complexity index is 788. The molecule has 25 heavy (non-hydrogen) atoms. The fourth-order valence-electron chi connectivity index (χ4n) is 3.99. The van der Waals surface area contributed by atoms with Crippen molar-refractivity contribution in [2.75, 3.05) is 18.8 Å². The second-order valence-corrected chi connectivity index (χ2v) is 9.63. The molecule has 0 aromatic carbocycles. The van der Waals surface area contributed by atoms with E-state index in [-0.39, 0.29) is 5.91 Å². The van der Waals surface area contributed by atoms with Crippen LogP contribution in [0.4, 0.5) is 0 Å². The van der Waals surface area contributed by atoms with E-state index >= 15 is 0 Å². The van der Waals surface area contributed by atoms with E-state index < -0.39 is 0 Å². The van der Waals surface area contributed by atoms with Gasteiger partial charge in [-0.2, -0.15) is 0 Å². The highest BCUT2D eigenvalue weighted by atomic mass is 32.2. The lowest BCUT2D eigenvalue weighted by molar-refractivity contribution is -0.130. The maximum atomic E-state index is 12.6. The summed E-state index contributed by atoms with van der Waals surface area (Å²) in [5, 5.41) is 2.22. The Hall–Kier alpha value is -1.14. The van der Waals surface area contributed by atoms with Crippen LogP contribution >= 0.6 is 23.1 Å². The lowest BCUT2D eigenvalue weighted by Gasteiger charge is -2.30. The quantitative estimate of drug-likeness (QED) is 0.597. The van der Waals surface area contributed by atoms with Crippen molar-refractivity contribution in [3.05, 3.63) is 16.8 Å². The maximum Gasteiger partial charge on any atom is 0.232 e. The van der Waals surface area contributed by atoms with E-state index in [2.05, 4.69) is 23.8 Å². The van der Waals surface area contributed by atoms with Gasteiger partial charge in [0.2, 0.25) is 5.91 Å². The second-order valence-electron chi connectivity index (χ2n) is 7.59. The van der Waals surface area contributed by atoms with E-state index in [1.165, 1.54) is 28.7 Å². The summed E-state index contributed by atoms with van der Waals surface area (Å²) in [5.74, 6) is 2.12. The summed E-state index contributed by atoms with van der Waals surface area (Å²) in [7, 11) is 0. The minimum absolute atomic E-state index is 0.251. The van der Waals surface area contributed by atoms with Crippen molar-refractivity contribution >= 4 is 39.2 Å². The number of amides is 1. The first-order chi connectivity index (χ1) is 12.1. The first-order valence-corrected chi connectivity index (χ1v) is 11.1. The first-order valence-electron chi connectivity index (χ1n) is 9.27. The van der Waals surface area contributed by atoms with Gasteiger partial charge in [-0.05, 0) is 49.5 Å². The van der Waals surface area contributed by atoms with Gasteiger partial charge in [-0.3, -0.25) is 4.79 Å². The normalized spacial score (nSPS) is 23.7. The van der Waals surface area contributed by atoms with Gasteiger partial charge in [0.25, 0.3) is 0 Å². The van der Waals surface area contributed by atoms with Gasteiger partial charge in [0.05, 0.1) is 5.75 Å². The average Bonchev–Trinajstić information content (AvgIpc) is 2.97. The van der Waals surface area contributed by atoms with Gasteiger partial charge < -0.3 is 4.90 Å². The molecule has 0 spiro atoms. The number of carbonyl (C=O) groups excluding carboxylic acids is 1. The Morgan fingerprint density at radius 2 is 2.20 bits per heavy atom. The third-order valence-corrected chi connectivity index (χ3v) is 7.54. The summed E-state index contributed by atoms with van der Waals surface area (Å²) in [6, 6.07) is 0. The molecule has 2 aromatic heterocycles. The third-order valence-electron chi connectivity index (χ3n) is 5.40. The summed E-state index contributed by atoms with van der Waals surface area (Å²) in [5.41, 5.74) is 1.44. The van der Waals surface area contributed by atoms with E-state index in [1.807, 2.05) is 16.2 Å². The number of piperidine rings is 1. The smallest absolute Gasteiger partial charge is 0.232 e. The third kappa shape index (κ3) is 3.56. The molecule has 1 fully saturated rings. The molecular weight excluding hydrogens is 350 g/mol. The van der Waals surface area contributed by atoms with Crippen molar-refractivity contribution in [3.8, 4) is 0 Å². The van der Waals surface area contributed by atoms with Crippen molar-refractivity contribution in [2.24, 2.45) is 11.8 Å². The predicted molar refractivity (Wildman–Crippen MR) is 104 cm³/mol. The van der Waals surface area contributed by atoms with E-state index in [4.69, 9.17) is 0 Å². The second kappa shape index (κ2) is 7.23. The van der Waals surface area contributed by atoms with Gasteiger partial charge in [0.1, 0.15) is 16.2 Å². The minimum Gasteiger partial charge on any atom is -0.342 e. The molecular formula is C19H25N3OS2. The molecule has 2 atom stereocenters. The molecule has 1 aliphatic carbocycles. The SMILES string of the molecule is C[C@@H]1CCc2c(sc3ncnc(SCC(=O)N4CCC[C@@H](C)C4)c23)C1. The fraction of sp³-hybridized carbons (Fsp3) is 0.632. The van der Waals surface area contributed by atoms with Crippen LogP contribution in [0.1, 0.15) is 43.6 Å². The number of nitrogens with zero attached hydrogens (tertiary/aromatic N) is 3. The van der Waals surface area contributed by atoms with Crippen LogP contribution in [0, 0.1) is 11.8 Å². The molecule has 0 unspecified atom stereocenters. The number of aromatic nitrogens is 2. The number of thiophene rings is 1. The largest absolute Gasteiger partial charge is 0.342 e. The Kier molecular flexibility index (Phi) is 5.00. The van der Waals surface area contributed by atoms with Gasteiger partial charge in [-0.25, -0.2) is 9.97 Å². The first kappa shape index (κ1) is 17.3. The lowest BCUT2D eigenvalue weighted by Crippen LogP contribution is -2.40. The van der Waals surface area contributed by atoms with E-state index in [0.717, 1.165) is 48.1 Å². The Morgan fingerprint density at radius 1 is 1.32 bits per heavy atom. The maximum absolute atomic E-state index is 12.6. The highest BCUT2D eigenvalue weighted by Gasteiger charge is 2.25. The summed E-state index contributed by atoms with van der Waals surface area (Å²) in [4.78, 5) is 26.2. The van der Waals surface area contributed by atoms with Gasteiger partial charge in [-0.15, -0.1) is 11.3 Å². The Balaban J connectivity index is 1.53. The summed E-state index contributed by atoms with van der Waals surface area (Å²) < 4.78 is 0. The van der Waals surface area contributed by atoms with E-state index in [0.29, 0.717) is 11.7 Å². The van der Waals surface area contributed by atoms with Crippen molar-refractivity contribution in [2.45, 2.75) is 51.0 Å². The van der Waals surface area contributed by atoms with Gasteiger partial charge in [0, 0.05) is 23.4 Å². The van der Waals surface area contributed by atoms with Crippen molar-refractivity contribution < 1.29 is 4.79 Å². The number of likely N-dealkylation sites (tertiary alicyclic amines) is 1.